The standard InChI is InChI=1S/C9H10ClNO/c10-8-4-5-9(11-7-8)3-1-2-6-12/h4-7H,1-3H2. The number of carbonyl (C=O) groups excluding carboxylic acids is 1. The molecule has 0 fully saturated rings. The van der Waals surface area contributed by atoms with Crippen LogP contribution in [-0.4, -0.2) is 11.3 Å². The van der Waals surface area contributed by atoms with Crippen molar-refractivity contribution < 1.29 is 4.79 Å². The summed E-state index contributed by atoms with van der Waals surface area (Å²) in [6, 6.07) is 3.69. The van der Waals surface area contributed by atoms with Gasteiger partial charge in [-0.2, -0.15) is 0 Å². The van der Waals surface area contributed by atoms with Crippen LogP contribution in [0.5, 0.6) is 0 Å². The highest BCUT2D eigenvalue weighted by Gasteiger charge is 1.93. The van der Waals surface area contributed by atoms with Crippen molar-refractivity contribution in [2.45, 2.75) is 19.3 Å². The molecule has 0 radical (unpaired) electrons. The lowest BCUT2D eigenvalue weighted by Crippen LogP contribution is -1.89. The van der Waals surface area contributed by atoms with Gasteiger partial charge >= 0.3 is 0 Å². The monoisotopic (exact) mass is 183 g/mol. The van der Waals surface area contributed by atoms with Crippen LogP contribution in [0.15, 0.2) is 18.3 Å². The van der Waals surface area contributed by atoms with Crippen LogP contribution in [-0.2, 0) is 11.2 Å². The molecule has 1 heterocycles. The first-order valence-electron chi connectivity index (χ1n) is 3.87. The lowest BCUT2D eigenvalue weighted by atomic mass is 10.2. The van der Waals surface area contributed by atoms with Crippen LogP contribution < -0.4 is 0 Å². The molecule has 0 aromatic carbocycles. The van der Waals surface area contributed by atoms with Gasteiger partial charge in [-0.15, -0.1) is 0 Å². The van der Waals surface area contributed by atoms with Crippen LogP contribution in [0.1, 0.15) is 18.5 Å². The molecule has 2 nitrogen and oxygen atoms in total. The second kappa shape index (κ2) is 4.88. The Bertz CT molecular complexity index is 245. The molecule has 0 aliphatic heterocycles. The van der Waals surface area contributed by atoms with Crippen molar-refractivity contribution >= 4 is 17.9 Å². The summed E-state index contributed by atoms with van der Waals surface area (Å²) in [4.78, 5) is 14.1. The van der Waals surface area contributed by atoms with E-state index in [0.29, 0.717) is 11.4 Å². The smallest absolute Gasteiger partial charge is 0.120 e. The molecule has 0 aliphatic carbocycles. The summed E-state index contributed by atoms with van der Waals surface area (Å²) in [5.74, 6) is 0. The van der Waals surface area contributed by atoms with Crippen LogP contribution in [0.3, 0.4) is 0 Å². The summed E-state index contributed by atoms with van der Waals surface area (Å²) in [7, 11) is 0. The average Bonchev–Trinajstić information content (AvgIpc) is 2.09. The molecule has 3 heteroatoms. The maximum absolute atomic E-state index is 10.0. The van der Waals surface area contributed by atoms with Crippen molar-refractivity contribution in [1.82, 2.24) is 4.98 Å². The van der Waals surface area contributed by atoms with Gasteiger partial charge in [-0.05, 0) is 25.0 Å². The van der Waals surface area contributed by atoms with Crippen molar-refractivity contribution in [2.24, 2.45) is 0 Å². The van der Waals surface area contributed by atoms with E-state index in [1.165, 1.54) is 0 Å². The number of hydrogen-bond donors (Lipinski definition) is 0. The third kappa shape index (κ3) is 3.01. The number of hydrogen-bond acceptors (Lipinski definition) is 2. The van der Waals surface area contributed by atoms with Gasteiger partial charge in [0.1, 0.15) is 6.29 Å². The van der Waals surface area contributed by atoms with Gasteiger partial charge in [0.05, 0.1) is 5.02 Å². The van der Waals surface area contributed by atoms with Crippen LogP contribution in [0.25, 0.3) is 0 Å². The molecule has 0 amide bonds. The third-order valence-electron chi connectivity index (χ3n) is 1.54. The first-order chi connectivity index (χ1) is 5.83. The molecule has 0 saturated heterocycles. The Morgan fingerprint density at radius 1 is 1.50 bits per heavy atom. The largest absolute Gasteiger partial charge is 0.303 e. The molecule has 0 atom stereocenters. The summed E-state index contributed by atoms with van der Waals surface area (Å²) in [6.07, 6.45) is 4.85. The van der Waals surface area contributed by atoms with Gasteiger partial charge in [0.25, 0.3) is 0 Å². The molecule has 0 unspecified atom stereocenters. The van der Waals surface area contributed by atoms with Gasteiger partial charge in [0, 0.05) is 18.3 Å². The Kier molecular flexibility index (Phi) is 3.74. The molecular formula is C9H10ClNO. The predicted molar refractivity (Wildman–Crippen MR) is 48.2 cm³/mol. The minimum absolute atomic E-state index is 0.601. The summed E-state index contributed by atoms with van der Waals surface area (Å²) >= 11 is 5.65. The zero-order valence-corrected chi connectivity index (χ0v) is 7.42. The van der Waals surface area contributed by atoms with Crippen LogP contribution in [0.4, 0.5) is 0 Å². The molecule has 0 saturated carbocycles. The fourth-order valence-electron chi connectivity index (χ4n) is 0.921. The summed E-state index contributed by atoms with van der Waals surface area (Å²) in [5, 5.41) is 0.647. The highest BCUT2D eigenvalue weighted by Crippen LogP contribution is 2.07. The number of unbranched alkanes of at least 4 members (excludes halogenated alkanes) is 1. The Morgan fingerprint density at radius 2 is 2.33 bits per heavy atom. The first-order valence-corrected chi connectivity index (χ1v) is 4.25. The van der Waals surface area contributed by atoms with Crippen molar-refractivity contribution in [3.8, 4) is 0 Å². The number of pyridine rings is 1. The van der Waals surface area contributed by atoms with E-state index in [1.54, 1.807) is 6.20 Å². The Labute approximate surface area is 76.6 Å². The predicted octanol–water partition coefficient (Wildman–Crippen LogP) is 2.26. The average molecular weight is 184 g/mol. The number of rotatable bonds is 4. The SMILES string of the molecule is O=CCCCc1ccc(Cl)cn1. The van der Waals surface area contributed by atoms with Gasteiger partial charge in [-0.3, -0.25) is 4.98 Å². The molecule has 0 N–H and O–H groups in total. The fourth-order valence-corrected chi connectivity index (χ4v) is 1.03. The number of aryl methyl sites for hydroxylation is 1. The van der Waals surface area contributed by atoms with Gasteiger partial charge in [-0.25, -0.2) is 0 Å². The second-order valence-electron chi connectivity index (χ2n) is 2.53. The zero-order chi connectivity index (χ0) is 8.81. The van der Waals surface area contributed by atoms with Gasteiger partial charge in [0.15, 0.2) is 0 Å². The molecule has 0 aliphatic rings. The van der Waals surface area contributed by atoms with E-state index < -0.39 is 0 Å². The molecule has 0 bridgehead atoms. The molecule has 1 aromatic heterocycles. The summed E-state index contributed by atoms with van der Waals surface area (Å²) < 4.78 is 0. The fraction of sp³-hybridized carbons (Fsp3) is 0.333. The van der Waals surface area contributed by atoms with Crippen LogP contribution in [0, 0.1) is 0 Å². The van der Waals surface area contributed by atoms with E-state index in [1.807, 2.05) is 12.1 Å². The highest BCUT2D eigenvalue weighted by molar-refractivity contribution is 6.30. The molecule has 64 valence electrons. The lowest BCUT2D eigenvalue weighted by Gasteiger charge is -1.96. The number of carbonyl (C=O) groups is 1. The topological polar surface area (TPSA) is 30.0 Å². The first kappa shape index (κ1) is 9.20. The maximum Gasteiger partial charge on any atom is 0.120 e. The van der Waals surface area contributed by atoms with Crippen molar-refractivity contribution in [2.75, 3.05) is 0 Å². The lowest BCUT2D eigenvalue weighted by molar-refractivity contribution is -0.107. The molecule has 1 aromatic rings. The van der Waals surface area contributed by atoms with E-state index in [0.717, 1.165) is 24.8 Å². The van der Waals surface area contributed by atoms with Crippen molar-refractivity contribution in [1.29, 1.82) is 0 Å². The third-order valence-corrected chi connectivity index (χ3v) is 1.77. The van der Waals surface area contributed by atoms with E-state index in [2.05, 4.69) is 4.98 Å². The van der Waals surface area contributed by atoms with Crippen LogP contribution in [0.2, 0.25) is 5.02 Å². The summed E-state index contributed by atoms with van der Waals surface area (Å²) in [5.41, 5.74) is 0.987. The van der Waals surface area contributed by atoms with E-state index >= 15 is 0 Å². The Balaban J connectivity index is 2.42. The van der Waals surface area contributed by atoms with Gasteiger partial charge in [0.2, 0.25) is 0 Å². The maximum atomic E-state index is 10.0. The molecule has 12 heavy (non-hydrogen) atoms. The number of aldehydes is 1. The molecular weight excluding hydrogens is 174 g/mol. The number of halogens is 1. The van der Waals surface area contributed by atoms with Gasteiger partial charge < -0.3 is 4.79 Å². The normalized spacial score (nSPS) is 9.75. The second-order valence-corrected chi connectivity index (χ2v) is 2.96. The van der Waals surface area contributed by atoms with Crippen LogP contribution >= 0.6 is 11.6 Å². The molecule has 0 spiro atoms. The minimum Gasteiger partial charge on any atom is -0.303 e. The minimum atomic E-state index is 0.601. The number of nitrogens with zero attached hydrogens (tertiary/aromatic N) is 1. The van der Waals surface area contributed by atoms with Crippen molar-refractivity contribution in [3.05, 3.63) is 29.0 Å². The Morgan fingerprint density at radius 3 is 2.92 bits per heavy atom. The van der Waals surface area contributed by atoms with E-state index in [9.17, 15) is 4.79 Å². The van der Waals surface area contributed by atoms with E-state index in [-0.39, 0.29) is 0 Å². The quantitative estimate of drug-likeness (QED) is 0.530. The zero-order valence-electron chi connectivity index (χ0n) is 6.66. The number of aromatic nitrogens is 1. The summed E-state index contributed by atoms with van der Waals surface area (Å²) in [6.45, 7) is 0. The van der Waals surface area contributed by atoms with Crippen molar-refractivity contribution in [3.63, 3.8) is 0 Å². The van der Waals surface area contributed by atoms with Gasteiger partial charge in [-0.1, -0.05) is 11.6 Å². The van der Waals surface area contributed by atoms with E-state index in [4.69, 9.17) is 11.6 Å². The highest BCUT2D eigenvalue weighted by atomic mass is 35.5. The molecule has 1 rings (SSSR count). The Hall–Kier alpha value is -0.890.